The Bertz CT molecular complexity index is 523. The smallest absolute Gasteiger partial charge is 0.327 e. The molecule has 2 rings (SSSR count). The lowest BCUT2D eigenvalue weighted by molar-refractivity contribution is -0.141. The first-order valence-electron chi connectivity index (χ1n) is 6.47. The summed E-state index contributed by atoms with van der Waals surface area (Å²) >= 11 is 3.71. The zero-order chi connectivity index (χ0) is 14.7. The van der Waals surface area contributed by atoms with Crippen LogP contribution in [0.3, 0.4) is 0 Å². The molecule has 1 saturated heterocycles. The minimum atomic E-state index is -0.921. The normalized spacial score (nSPS) is 22.0. The van der Waals surface area contributed by atoms with E-state index in [-0.39, 0.29) is 11.3 Å². The third-order valence-electron chi connectivity index (χ3n) is 3.22. The largest absolute Gasteiger partial charge is 0.480 e. The number of benzene rings is 1. The molecule has 2 unspecified atom stereocenters. The van der Waals surface area contributed by atoms with E-state index in [0.29, 0.717) is 11.3 Å². The summed E-state index contributed by atoms with van der Waals surface area (Å²) in [5.74, 6) is -0.634. The van der Waals surface area contributed by atoms with E-state index in [0.717, 1.165) is 16.4 Å². The van der Waals surface area contributed by atoms with Crippen molar-refractivity contribution in [3.63, 3.8) is 0 Å². The van der Waals surface area contributed by atoms with Crippen LogP contribution in [0.5, 0.6) is 0 Å². The second-order valence-corrected chi connectivity index (χ2v) is 7.11. The van der Waals surface area contributed by atoms with Gasteiger partial charge < -0.3 is 10.0 Å². The maximum atomic E-state index is 12.6. The van der Waals surface area contributed by atoms with Crippen molar-refractivity contribution < 1.29 is 14.7 Å². The van der Waals surface area contributed by atoms with Crippen LogP contribution in [0, 0.1) is 3.57 Å². The summed E-state index contributed by atoms with van der Waals surface area (Å²) in [6.07, 6.45) is 1.75. The first-order chi connectivity index (χ1) is 9.54. The number of carboxylic acids is 1. The minimum Gasteiger partial charge on any atom is -0.480 e. The quantitative estimate of drug-likeness (QED) is 0.783. The van der Waals surface area contributed by atoms with Crippen molar-refractivity contribution in [1.82, 2.24) is 4.90 Å². The number of hydrogen-bond donors (Lipinski definition) is 1. The number of carboxylic acid groups (broad SMARTS) is 1. The molecule has 4 nitrogen and oxygen atoms in total. The Hall–Kier alpha value is -0.760. The number of aliphatic carboxylic acids is 1. The lowest BCUT2D eigenvalue weighted by Crippen LogP contribution is -2.45. The molecule has 1 aromatic carbocycles. The van der Waals surface area contributed by atoms with Crippen molar-refractivity contribution in [2.45, 2.75) is 31.2 Å². The van der Waals surface area contributed by atoms with Crippen LogP contribution in [0.2, 0.25) is 0 Å². The molecule has 0 radical (unpaired) electrons. The molecule has 1 aromatic rings. The molecule has 20 heavy (non-hydrogen) atoms. The molecule has 1 aliphatic heterocycles. The Labute approximate surface area is 136 Å². The molecule has 0 bridgehead atoms. The highest BCUT2D eigenvalue weighted by Crippen LogP contribution is 2.33. The lowest BCUT2D eigenvalue weighted by Gasteiger charge is -2.27. The first-order valence-corrected chi connectivity index (χ1v) is 8.60. The number of carbonyl (C=O) groups is 2. The Morgan fingerprint density at radius 3 is 2.85 bits per heavy atom. The van der Waals surface area contributed by atoms with Crippen LogP contribution >= 0.6 is 34.4 Å². The third kappa shape index (κ3) is 3.28. The van der Waals surface area contributed by atoms with E-state index in [1.54, 1.807) is 28.8 Å². The fraction of sp³-hybridized carbons (Fsp3) is 0.429. The average molecular weight is 405 g/mol. The average Bonchev–Trinajstić information content (AvgIpc) is 2.82. The van der Waals surface area contributed by atoms with Crippen molar-refractivity contribution in [2.24, 2.45) is 0 Å². The first kappa shape index (κ1) is 15.6. The summed E-state index contributed by atoms with van der Waals surface area (Å²) in [7, 11) is 0. The van der Waals surface area contributed by atoms with Crippen LogP contribution in [0.1, 0.15) is 30.1 Å². The summed E-state index contributed by atoms with van der Waals surface area (Å²) in [4.78, 5) is 25.5. The number of rotatable bonds is 4. The summed E-state index contributed by atoms with van der Waals surface area (Å²) < 4.78 is 0.971. The zero-order valence-electron chi connectivity index (χ0n) is 11.1. The second kappa shape index (κ2) is 6.80. The Balaban J connectivity index is 2.29. The summed E-state index contributed by atoms with van der Waals surface area (Å²) in [5, 5.41) is 9.28. The second-order valence-electron chi connectivity index (χ2n) is 4.65. The number of amides is 1. The lowest BCUT2D eigenvalue weighted by atomic mass is 10.1. The van der Waals surface area contributed by atoms with Crippen molar-refractivity contribution in [3.05, 3.63) is 33.4 Å². The van der Waals surface area contributed by atoms with E-state index in [1.165, 1.54) is 0 Å². The van der Waals surface area contributed by atoms with E-state index in [4.69, 9.17) is 0 Å². The van der Waals surface area contributed by atoms with Gasteiger partial charge in [-0.15, -0.1) is 11.8 Å². The van der Waals surface area contributed by atoms with Crippen LogP contribution in [0.4, 0.5) is 0 Å². The van der Waals surface area contributed by atoms with Gasteiger partial charge in [0, 0.05) is 14.9 Å². The van der Waals surface area contributed by atoms with Gasteiger partial charge in [0.05, 0.1) is 5.37 Å². The van der Waals surface area contributed by atoms with Gasteiger partial charge >= 0.3 is 5.97 Å². The predicted octanol–water partition coefficient (Wildman–Crippen LogP) is 3.06. The standard InChI is InChI=1S/C14H16INO3S/c1-2-4-12-16(11(8-20-12)14(18)19)13(17)9-5-3-6-10(15)7-9/h3,5-7,11-12H,2,4,8H2,1H3,(H,18,19). The fourth-order valence-corrected chi connectivity index (χ4v) is 4.32. The highest BCUT2D eigenvalue weighted by molar-refractivity contribution is 14.1. The summed E-state index contributed by atoms with van der Waals surface area (Å²) in [5.41, 5.74) is 0.562. The molecular formula is C14H16INO3S. The number of nitrogens with zero attached hydrogens (tertiary/aromatic N) is 1. The van der Waals surface area contributed by atoms with E-state index in [9.17, 15) is 14.7 Å². The monoisotopic (exact) mass is 405 g/mol. The Morgan fingerprint density at radius 2 is 2.25 bits per heavy atom. The zero-order valence-corrected chi connectivity index (χ0v) is 14.1. The van der Waals surface area contributed by atoms with Crippen molar-refractivity contribution in [1.29, 1.82) is 0 Å². The van der Waals surface area contributed by atoms with Crippen LogP contribution in [-0.4, -0.2) is 39.1 Å². The van der Waals surface area contributed by atoms with Gasteiger partial charge in [0.25, 0.3) is 5.91 Å². The van der Waals surface area contributed by atoms with Gasteiger partial charge in [0.15, 0.2) is 0 Å². The van der Waals surface area contributed by atoms with Crippen molar-refractivity contribution >= 4 is 46.2 Å². The van der Waals surface area contributed by atoms with Crippen LogP contribution in [0.15, 0.2) is 24.3 Å². The predicted molar refractivity (Wildman–Crippen MR) is 87.9 cm³/mol. The molecule has 2 atom stereocenters. The highest BCUT2D eigenvalue weighted by atomic mass is 127. The molecule has 0 spiro atoms. The van der Waals surface area contributed by atoms with Gasteiger partial charge in [0.1, 0.15) is 6.04 Å². The molecule has 1 amide bonds. The highest BCUT2D eigenvalue weighted by Gasteiger charge is 2.41. The maximum Gasteiger partial charge on any atom is 0.327 e. The van der Waals surface area contributed by atoms with Gasteiger partial charge in [-0.3, -0.25) is 4.79 Å². The van der Waals surface area contributed by atoms with Gasteiger partial charge in [-0.05, 0) is 47.2 Å². The van der Waals surface area contributed by atoms with Crippen LogP contribution < -0.4 is 0 Å². The van der Waals surface area contributed by atoms with E-state index in [1.807, 2.05) is 19.1 Å². The van der Waals surface area contributed by atoms with Crippen molar-refractivity contribution in [2.75, 3.05) is 5.75 Å². The minimum absolute atomic E-state index is 0.0357. The Morgan fingerprint density at radius 1 is 1.50 bits per heavy atom. The maximum absolute atomic E-state index is 12.6. The third-order valence-corrected chi connectivity index (χ3v) is 5.25. The topological polar surface area (TPSA) is 57.6 Å². The van der Waals surface area contributed by atoms with Crippen molar-refractivity contribution in [3.8, 4) is 0 Å². The number of carbonyl (C=O) groups excluding carboxylic acids is 1. The van der Waals surface area contributed by atoms with Crippen LogP contribution in [0.25, 0.3) is 0 Å². The van der Waals surface area contributed by atoms with Crippen LogP contribution in [-0.2, 0) is 4.79 Å². The number of thioether (sulfide) groups is 1. The molecule has 6 heteroatoms. The fourth-order valence-electron chi connectivity index (χ4n) is 2.27. The molecule has 1 fully saturated rings. The molecule has 0 saturated carbocycles. The molecule has 108 valence electrons. The number of hydrogen-bond acceptors (Lipinski definition) is 3. The number of halogens is 1. The molecular weight excluding hydrogens is 389 g/mol. The van der Waals surface area contributed by atoms with E-state index in [2.05, 4.69) is 22.6 Å². The van der Waals surface area contributed by atoms with Gasteiger partial charge in [-0.2, -0.15) is 0 Å². The van der Waals surface area contributed by atoms with Gasteiger partial charge in [-0.25, -0.2) is 4.79 Å². The Kier molecular flexibility index (Phi) is 5.31. The SMILES string of the molecule is CCCC1SCC(C(=O)O)N1C(=O)c1cccc(I)c1. The molecule has 1 N–H and O–H groups in total. The molecule has 1 aliphatic rings. The molecule has 0 aliphatic carbocycles. The summed E-state index contributed by atoms with van der Waals surface area (Å²) in [6, 6.07) is 6.56. The van der Waals surface area contributed by atoms with E-state index < -0.39 is 12.0 Å². The molecule has 0 aromatic heterocycles. The van der Waals surface area contributed by atoms with E-state index >= 15 is 0 Å². The van der Waals surface area contributed by atoms with Gasteiger partial charge in [-0.1, -0.05) is 19.4 Å². The van der Waals surface area contributed by atoms with Gasteiger partial charge in [0.2, 0.25) is 0 Å². The summed E-state index contributed by atoms with van der Waals surface area (Å²) in [6.45, 7) is 2.04. The molecule has 1 heterocycles.